The Morgan fingerprint density at radius 3 is 1.52 bits per heavy atom. The average molecular weight is 765 g/mol. The summed E-state index contributed by atoms with van der Waals surface area (Å²) < 4.78 is 50.2. The first kappa shape index (κ1) is 41.1. The van der Waals surface area contributed by atoms with E-state index in [0.717, 1.165) is 41.5 Å². The van der Waals surface area contributed by atoms with Crippen molar-refractivity contribution in [2.45, 2.75) is 103 Å². The summed E-state index contributed by atoms with van der Waals surface area (Å²) in [5, 5.41) is 4.04. The molecule has 3 heterocycles. The highest BCUT2D eigenvalue weighted by atomic mass is 16.8. The standard InChI is InChI=1S/C32H36N4O18/c1-13(37)45-11-21-24(47-15(3)39)26(23(34-35-33)31(51-21)54-36-29(43)19-9-7-8-10-20(19)30(36)44)53-32-28(50-18(6)42)27(49-17(5)41)25(48-16(4)40)22(52-32)12-46-14(2)38/h7-10,21-28,31-32H,11-12H2,1-6H3/t21-,22-,23-,24+,25+,26-,27+,28-,31+,32+/m1/s1. The molecule has 54 heavy (non-hydrogen) atoms. The van der Waals surface area contributed by atoms with Crippen molar-refractivity contribution in [2.24, 2.45) is 5.11 Å². The van der Waals surface area contributed by atoms with Crippen LogP contribution in [0.15, 0.2) is 29.4 Å². The van der Waals surface area contributed by atoms with E-state index in [0.29, 0.717) is 5.06 Å². The Morgan fingerprint density at radius 1 is 0.648 bits per heavy atom. The zero-order valence-corrected chi connectivity index (χ0v) is 29.6. The number of benzene rings is 1. The second kappa shape index (κ2) is 17.9. The Kier molecular flexibility index (Phi) is 13.6. The highest BCUT2D eigenvalue weighted by molar-refractivity contribution is 6.20. The normalized spacial score (nSPS) is 28.8. The van der Waals surface area contributed by atoms with Crippen LogP contribution in [0.2, 0.25) is 0 Å². The number of carbonyl (C=O) groups excluding carboxylic acids is 8. The van der Waals surface area contributed by atoms with Gasteiger partial charge in [-0.15, -0.1) is 5.06 Å². The summed E-state index contributed by atoms with van der Waals surface area (Å²) in [6, 6.07) is 3.92. The molecular formula is C32H36N4O18. The van der Waals surface area contributed by atoms with Crippen LogP contribution in [0.5, 0.6) is 0 Å². The Morgan fingerprint density at radius 2 is 1.07 bits per heavy atom. The number of hydrogen-bond donors (Lipinski definition) is 0. The van der Waals surface area contributed by atoms with Crippen molar-refractivity contribution < 1.29 is 85.8 Å². The van der Waals surface area contributed by atoms with E-state index in [2.05, 4.69) is 10.0 Å². The Hall–Kier alpha value is -5.67. The number of nitrogens with zero attached hydrogens (tertiary/aromatic N) is 4. The van der Waals surface area contributed by atoms with Crippen LogP contribution in [0.25, 0.3) is 10.4 Å². The number of fused-ring (bicyclic) bond motifs is 1. The van der Waals surface area contributed by atoms with Crippen LogP contribution in [0.1, 0.15) is 62.3 Å². The van der Waals surface area contributed by atoms with Gasteiger partial charge in [0.1, 0.15) is 37.6 Å². The molecule has 4 rings (SSSR count). The number of esters is 6. The first-order chi connectivity index (χ1) is 25.5. The van der Waals surface area contributed by atoms with Crippen molar-refractivity contribution in [3.8, 4) is 0 Å². The van der Waals surface area contributed by atoms with Gasteiger partial charge in [-0.3, -0.25) is 38.4 Å². The maximum absolute atomic E-state index is 13.2. The minimum Gasteiger partial charge on any atom is -0.463 e. The number of amides is 2. The van der Waals surface area contributed by atoms with E-state index in [-0.39, 0.29) is 11.1 Å². The lowest BCUT2D eigenvalue weighted by Crippen LogP contribution is -2.67. The van der Waals surface area contributed by atoms with E-state index >= 15 is 0 Å². The van der Waals surface area contributed by atoms with E-state index < -0.39 is 122 Å². The lowest BCUT2D eigenvalue weighted by atomic mass is 9.95. The molecular weight excluding hydrogens is 728 g/mol. The number of azide groups is 1. The number of hydroxylamine groups is 2. The smallest absolute Gasteiger partial charge is 0.303 e. The van der Waals surface area contributed by atoms with Gasteiger partial charge in [-0.1, -0.05) is 17.2 Å². The minimum absolute atomic E-state index is 0.0294. The Balaban J connectivity index is 1.84. The van der Waals surface area contributed by atoms with E-state index in [9.17, 15) is 43.9 Å². The van der Waals surface area contributed by atoms with Gasteiger partial charge in [-0.25, -0.2) is 4.84 Å². The van der Waals surface area contributed by atoms with E-state index in [4.69, 9.17) is 47.5 Å². The molecule has 1 aromatic rings. The first-order valence-electron chi connectivity index (χ1n) is 16.1. The zero-order valence-electron chi connectivity index (χ0n) is 29.6. The lowest BCUT2D eigenvalue weighted by Gasteiger charge is -2.48. The molecule has 22 nitrogen and oxygen atoms in total. The summed E-state index contributed by atoms with van der Waals surface area (Å²) in [5.74, 6) is -7.24. The van der Waals surface area contributed by atoms with Crippen molar-refractivity contribution in [1.29, 1.82) is 0 Å². The molecule has 0 spiro atoms. The van der Waals surface area contributed by atoms with Crippen molar-refractivity contribution in [3.63, 3.8) is 0 Å². The van der Waals surface area contributed by atoms with Crippen LogP contribution >= 0.6 is 0 Å². The minimum atomic E-state index is -1.94. The van der Waals surface area contributed by atoms with Crippen LogP contribution in [-0.4, -0.2) is 127 Å². The maximum atomic E-state index is 13.2. The molecule has 0 aliphatic carbocycles. The third kappa shape index (κ3) is 9.85. The van der Waals surface area contributed by atoms with E-state index in [1.54, 1.807) is 0 Å². The van der Waals surface area contributed by atoms with Crippen LogP contribution in [0.4, 0.5) is 0 Å². The molecule has 22 heteroatoms. The van der Waals surface area contributed by atoms with E-state index in [1.807, 2.05) is 0 Å². The molecule has 3 aliphatic heterocycles. The fourth-order valence-corrected chi connectivity index (χ4v) is 5.80. The van der Waals surface area contributed by atoms with Crippen LogP contribution in [0.3, 0.4) is 0 Å². The van der Waals surface area contributed by atoms with Gasteiger partial charge in [0.05, 0.1) is 11.1 Å². The van der Waals surface area contributed by atoms with Crippen molar-refractivity contribution in [3.05, 3.63) is 45.8 Å². The Bertz CT molecular complexity index is 1680. The van der Waals surface area contributed by atoms with Gasteiger partial charge in [-0.2, -0.15) is 0 Å². The molecule has 292 valence electrons. The molecule has 0 unspecified atom stereocenters. The fourth-order valence-electron chi connectivity index (χ4n) is 5.80. The topological polar surface area (TPSA) is 281 Å². The average Bonchev–Trinajstić information content (AvgIpc) is 3.31. The monoisotopic (exact) mass is 764 g/mol. The number of carbonyl (C=O) groups is 8. The van der Waals surface area contributed by atoms with Gasteiger partial charge in [0, 0.05) is 46.5 Å². The zero-order chi connectivity index (χ0) is 39.9. The molecule has 10 atom stereocenters. The largest absolute Gasteiger partial charge is 0.463 e. The number of ether oxygens (including phenoxy) is 9. The molecule has 0 radical (unpaired) electrons. The number of rotatable bonds is 13. The summed E-state index contributed by atoms with van der Waals surface area (Å²) in [6.07, 6.45) is -15.5. The molecule has 2 fully saturated rings. The van der Waals surface area contributed by atoms with Crippen LogP contribution in [-0.2, 0) is 76.2 Å². The predicted octanol–water partition coefficient (Wildman–Crippen LogP) is 0.581. The van der Waals surface area contributed by atoms with Crippen LogP contribution < -0.4 is 0 Å². The summed E-state index contributed by atoms with van der Waals surface area (Å²) >= 11 is 0. The third-order valence-electron chi connectivity index (χ3n) is 7.76. The number of hydrogen-bond acceptors (Lipinski definition) is 19. The first-order valence-corrected chi connectivity index (χ1v) is 16.1. The predicted molar refractivity (Wildman–Crippen MR) is 169 cm³/mol. The van der Waals surface area contributed by atoms with Crippen LogP contribution in [0, 0.1) is 0 Å². The third-order valence-corrected chi connectivity index (χ3v) is 7.76. The number of imide groups is 1. The summed E-state index contributed by atoms with van der Waals surface area (Å²) in [6.45, 7) is 4.81. The molecule has 2 amide bonds. The van der Waals surface area contributed by atoms with Gasteiger partial charge < -0.3 is 42.6 Å². The van der Waals surface area contributed by atoms with E-state index in [1.165, 1.54) is 24.3 Å². The molecule has 2 saturated heterocycles. The van der Waals surface area contributed by atoms with Gasteiger partial charge >= 0.3 is 35.8 Å². The second-order valence-electron chi connectivity index (χ2n) is 11.8. The van der Waals surface area contributed by atoms with Gasteiger partial charge in [0.15, 0.2) is 37.0 Å². The van der Waals surface area contributed by atoms with Crippen molar-refractivity contribution >= 4 is 47.6 Å². The van der Waals surface area contributed by atoms with Crippen molar-refractivity contribution in [1.82, 2.24) is 5.06 Å². The molecule has 1 aromatic carbocycles. The van der Waals surface area contributed by atoms with Crippen molar-refractivity contribution in [2.75, 3.05) is 13.2 Å². The molecule has 3 aliphatic rings. The summed E-state index contributed by atoms with van der Waals surface area (Å²) in [4.78, 5) is 108. The fraction of sp³-hybridized carbons (Fsp3) is 0.562. The molecule has 0 saturated carbocycles. The SMILES string of the molecule is CC(=O)OC[C@H]1O[C@@H](O[C@@H]2[C@@H](N=[N+]=[N-])[C@H](ON3C(=O)c4ccccc4C3=O)O[C@H](COC(C)=O)[C@@H]2OC(C)=O)[C@H](OC(C)=O)[C@@H](OC(C)=O)[C@H]1OC(C)=O. The van der Waals surface area contributed by atoms with Gasteiger partial charge in [-0.05, 0) is 17.7 Å². The molecule has 0 bridgehead atoms. The molecule has 0 aromatic heterocycles. The second-order valence-corrected chi connectivity index (χ2v) is 11.8. The van der Waals surface area contributed by atoms with Gasteiger partial charge in [0.25, 0.3) is 11.8 Å². The Labute approximate surface area is 305 Å². The quantitative estimate of drug-likeness (QED) is 0.0663. The maximum Gasteiger partial charge on any atom is 0.303 e. The van der Waals surface area contributed by atoms with Gasteiger partial charge in [0.2, 0.25) is 0 Å². The highest BCUT2D eigenvalue weighted by Crippen LogP contribution is 2.37. The lowest BCUT2D eigenvalue weighted by molar-refractivity contribution is -0.356. The summed E-state index contributed by atoms with van der Waals surface area (Å²) in [7, 11) is 0. The highest BCUT2D eigenvalue weighted by Gasteiger charge is 2.57. The summed E-state index contributed by atoms with van der Waals surface area (Å²) in [5.41, 5.74) is 9.62. The molecule has 0 N–H and O–H groups in total.